The summed E-state index contributed by atoms with van der Waals surface area (Å²) in [6, 6.07) is 16.7. The molecule has 0 atom stereocenters. The predicted octanol–water partition coefficient (Wildman–Crippen LogP) is -1.45. The molecule has 2 aromatic carbocycles. The third-order valence-corrected chi connectivity index (χ3v) is 2.62. The van der Waals surface area contributed by atoms with Crippen LogP contribution in [0.15, 0.2) is 54.6 Å². The van der Waals surface area contributed by atoms with E-state index in [2.05, 4.69) is 5.32 Å². The van der Waals surface area contributed by atoms with Crippen LogP contribution >= 0.6 is 0 Å². The molecule has 0 saturated heterocycles. The van der Waals surface area contributed by atoms with E-state index in [0.29, 0.717) is 5.69 Å². The summed E-state index contributed by atoms with van der Waals surface area (Å²) in [5, 5.41) is 12.5. The number of aliphatic carboxylic acids is 1. The number of rotatable bonds is 3. The van der Waals surface area contributed by atoms with Gasteiger partial charge in [-0.3, -0.25) is 4.79 Å². The maximum atomic E-state index is 10.9. The first kappa shape index (κ1) is 17.2. The minimum atomic E-state index is -1.75. The third-order valence-electron chi connectivity index (χ3n) is 2.62. The van der Waals surface area contributed by atoms with Gasteiger partial charge in [0.05, 0.1) is 0 Å². The van der Waals surface area contributed by atoms with E-state index in [0.717, 1.165) is 11.1 Å². The summed E-state index contributed by atoms with van der Waals surface area (Å²) >= 11 is 0. The Bertz CT molecular complexity index is 636. The number of anilines is 1. The van der Waals surface area contributed by atoms with Crippen LogP contribution in [0.2, 0.25) is 0 Å². The van der Waals surface area contributed by atoms with Crippen LogP contribution in [0.5, 0.6) is 0 Å². The van der Waals surface area contributed by atoms with Gasteiger partial charge in [0.25, 0.3) is 5.91 Å². The smallest absolute Gasteiger partial charge is 0.540 e. The third kappa shape index (κ3) is 5.55. The molecule has 0 radical (unpaired) electrons. The summed E-state index contributed by atoms with van der Waals surface area (Å²) in [5.74, 6) is -2.91. The average molecular weight is 289 g/mol. The molecule has 21 heavy (non-hydrogen) atoms. The van der Waals surface area contributed by atoms with Crippen molar-refractivity contribution < 1.29 is 44.3 Å². The van der Waals surface area contributed by atoms with Gasteiger partial charge in [0, 0.05) is 5.69 Å². The van der Waals surface area contributed by atoms with Crippen LogP contribution in [-0.4, -0.2) is 11.9 Å². The molecule has 2 aromatic rings. The van der Waals surface area contributed by atoms with E-state index in [1.54, 1.807) is 24.3 Å². The second-order valence-corrected chi connectivity index (χ2v) is 4.11. The van der Waals surface area contributed by atoms with Crippen molar-refractivity contribution in [3.05, 3.63) is 65.7 Å². The molecule has 0 aliphatic carbocycles. The number of benzene rings is 2. The molecule has 1 N–H and O–H groups in total. The zero-order valence-electron chi connectivity index (χ0n) is 11.6. The van der Waals surface area contributed by atoms with Gasteiger partial charge in [-0.1, -0.05) is 54.6 Å². The van der Waals surface area contributed by atoms with E-state index in [4.69, 9.17) is 0 Å². The molecule has 0 bridgehead atoms. The zero-order valence-corrected chi connectivity index (χ0v) is 13.6. The van der Waals surface area contributed by atoms with Crippen LogP contribution in [0.25, 0.3) is 12.2 Å². The second-order valence-electron chi connectivity index (χ2n) is 4.11. The number of carbonyl (C=O) groups is 2. The van der Waals surface area contributed by atoms with E-state index in [9.17, 15) is 14.7 Å². The Morgan fingerprint density at radius 2 is 1.38 bits per heavy atom. The fourth-order valence-electron chi connectivity index (χ4n) is 1.62. The Kier molecular flexibility index (Phi) is 6.88. The number of hydrogen-bond acceptors (Lipinski definition) is 3. The normalized spacial score (nSPS) is 9.90. The monoisotopic (exact) mass is 289 g/mol. The first-order chi connectivity index (χ1) is 9.65. The summed E-state index contributed by atoms with van der Waals surface area (Å²) < 4.78 is 0. The minimum absolute atomic E-state index is 0. The Hall–Kier alpha value is -1.88. The van der Waals surface area contributed by atoms with Crippen LogP contribution in [0.3, 0.4) is 0 Å². The average Bonchev–Trinajstić information content (AvgIpc) is 2.47. The van der Waals surface area contributed by atoms with E-state index >= 15 is 0 Å². The summed E-state index contributed by atoms with van der Waals surface area (Å²) in [6.45, 7) is 0. The molecule has 0 spiro atoms. The van der Waals surface area contributed by atoms with Gasteiger partial charge in [0.2, 0.25) is 0 Å². The molecule has 0 aliphatic heterocycles. The summed E-state index contributed by atoms with van der Waals surface area (Å²) in [7, 11) is 0. The van der Waals surface area contributed by atoms with E-state index in [1.165, 1.54) is 0 Å². The molecule has 0 fully saturated rings. The maximum Gasteiger partial charge on any atom is 1.00 e. The topological polar surface area (TPSA) is 69.2 Å². The maximum absolute atomic E-state index is 10.9. The van der Waals surface area contributed by atoms with E-state index in [-0.39, 0.29) is 29.6 Å². The first-order valence-corrected chi connectivity index (χ1v) is 6.01. The van der Waals surface area contributed by atoms with Gasteiger partial charge in [-0.15, -0.1) is 0 Å². The molecule has 5 heteroatoms. The van der Waals surface area contributed by atoms with Gasteiger partial charge in [-0.25, -0.2) is 0 Å². The molecule has 1 amide bonds. The van der Waals surface area contributed by atoms with Crippen molar-refractivity contribution >= 4 is 29.7 Å². The van der Waals surface area contributed by atoms with Crippen LogP contribution in [0, 0.1) is 0 Å². The fourth-order valence-corrected chi connectivity index (χ4v) is 1.62. The fraction of sp³-hybridized carbons (Fsp3) is 0. The minimum Gasteiger partial charge on any atom is -0.540 e. The van der Waals surface area contributed by atoms with Gasteiger partial charge in [0.15, 0.2) is 0 Å². The van der Waals surface area contributed by atoms with Gasteiger partial charge < -0.3 is 15.2 Å². The van der Waals surface area contributed by atoms with Crippen LogP contribution in [0.1, 0.15) is 11.1 Å². The molecule has 100 valence electrons. The van der Waals surface area contributed by atoms with E-state index < -0.39 is 11.9 Å². The molecule has 0 saturated carbocycles. The number of carboxylic acids is 1. The molecule has 0 heterocycles. The Morgan fingerprint density at radius 1 is 0.857 bits per heavy atom. The van der Waals surface area contributed by atoms with Crippen molar-refractivity contribution in [1.82, 2.24) is 0 Å². The van der Waals surface area contributed by atoms with Crippen LogP contribution < -0.4 is 40.0 Å². The predicted molar refractivity (Wildman–Crippen MR) is 75.4 cm³/mol. The SMILES string of the molecule is O=C([O-])C(=O)Nc1ccc(/C=C/c2ccccc2)cc1.[Na+]. The van der Waals surface area contributed by atoms with Crippen molar-refractivity contribution in [3.63, 3.8) is 0 Å². The van der Waals surface area contributed by atoms with Crippen molar-refractivity contribution in [1.29, 1.82) is 0 Å². The first-order valence-electron chi connectivity index (χ1n) is 6.01. The summed E-state index contributed by atoms with van der Waals surface area (Å²) in [4.78, 5) is 21.2. The van der Waals surface area contributed by atoms with Crippen molar-refractivity contribution in [2.24, 2.45) is 0 Å². The Balaban J connectivity index is 0.00000220. The van der Waals surface area contributed by atoms with Gasteiger partial charge in [-0.05, 0) is 23.3 Å². The molecule has 0 aliphatic rings. The van der Waals surface area contributed by atoms with Gasteiger partial charge in [-0.2, -0.15) is 0 Å². The quantitative estimate of drug-likeness (QED) is 0.427. The van der Waals surface area contributed by atoms with Crippen molar-refractivity contribution in [2.45, 2.75) is 0 Å². The van der Waals surface area contributed by atoms with E-state index in [1.807, 2.05) is 42.5 Å². The van der Waals surface area contributed by atoms with Gasteiger partial charge in [0.1, 0.15) is 5.97 Å². The number of hydrogen-bond donors (Lipinski definition) is 1. The van der Waals surface area contributed by atoms with Crippen molar-refractivity contribution in [2.75, 3.05) is 5.32 Å². The van der Waals surface area contributed by atoms with Gasteiger partial charge >= 0.3 is 29.6 Å². The largest absolute Gasteiger partial charge is 1.00 e. The number of amides is 1. The number of carbonyl (C=O) groups excluding carboxylic acids is 2. The molecule has 0 unspecified atom stereocenters. The number of nitrogens with one attached hydrogen (secondary N) is 1. The van der Waals surface area contributed by atoms with Crippen molar-refractivity contribution in [3.8, 4) is 0 Å². The Labute approximate surface area is 144 Å². The standard InChI is InChI=1S/C16H13NO3.Na/c18-15(16(19)20)17-14-10-8-13(9-11-14)7-6-12-4-2-1-3-5-12;/h1-11H,(H,17,18)(H,19,20);/q;+1/p-1/b7-6+;. The molecule has 2 rings (SSSR count). The molecular weight excluding hydrogens is 277 g/mol. The summed E-state index contributed by atoms with van der Waals surface area (Å²) in [5.41, 5.74) is 2.44. The molecular formula is C16H12NNaO3. The number of carboxylic acid groups (broad SMARTS) is 1. The Morgan fingerprint density at radius 3 is 1.90 bits per heavy atom. The van der Waals surface area contributed by atoms with Crippen LogP contribution in [-0.2, 0) is 9.59 Å². The summed E-state index contributed by atoms with van der Waals surface area (Å²) in [6.07, 6.45) is 3.90. The molecule has 0 aromatic heterocycles. The molecule has 4 nitrogen and oxygen atoms in total. The van der Waals surface area contributed by atoms with Crippen LogP contribution in [0.4, 0.5) is 5.69 Å². The second kappa shape index (κ2) is 8.42. The zero-order chi connectivity index (χ0) is 14.4.